The summed E-state index contributed by atoms with van der Waals surface area (Å²) in [6.07, 6.45) is 1.49. The van der Waals surface area contributed by atoms with Crippen LogP contribution in [-0.4, -0.2) is 38.7 Å². The van der Waals surface area contributed by atoms with Crippen LogP contribution >= 0.6 is 0 Å². The van der Waals surface area contributed by atoms with Gasteiger partial charge in [-0.2, -0.15) is 0 Å². The summed E-state index contributed by atoms with van der Waals surface area (Å²) in [6.45, 7) is 3.48. The lowest BCUT2D eigenvalue weighted by Gasteiger charge is -2.04. The van der Waals surface area contributed by atoms with Gasteiger partial charge in [-0.05, 0) is 19.9 Å². The highest BCUT2D eigenvalue weighted by molar-refractivity contribution is 5.69. The van der Waals surface area contributed by atoms with Crippen molar-refractivity contribution in [2.45, 2.75) is 26.2 Å². The van der Waals surface area contributed by atoms with E-state index in [1.807, 2.05) is 0 Å². The Morgan fingerprint density at radius 2 is 1.87 bits per heavy atom. The van der Waals surface area contributed by atoms with Gasteiger partial charge in [-0.3, -0.25) is 9.59 Å². The summed E-state index contributed by atoms with van der Waals surface area (Å²) >= 11 is 0. The highest BCUT2D eigenvalue weighted by Gasteiger charge is 2.01. The van der Waals surface area contributed by atoms with E-state index >= 15 is 0 Å². The highest BCUT2D eigenvalue weighted by Crippen LogP contribution is 1.90. The Labute approximate surface area is 90.1 Å². The van der Waals surface area contributed by atoms with E-state index in [1.54, 1.807) is 6.92 Å². The fraction of sp³-hybridized carbons (Fsp3) is 0.800. The Hall–Kier alpha value is -1.10. The zero-order chi connectivity index (χ0) is 11.5. The van der Waals surface area contributed by atoms with Gasteiger partial charge < -0.3 is 14.8 Å². The minimum absolute atomic E-state index is 0.196. The van der Waals surface area contributed by atoms with E-state index in [-0.39, 0.29) is 11.9 Å². The number of esters is 2. The third-order valence-electron chi connectivity index (χ3n) is 1.77. The molecule has 88 valence electrons. The van der Waals surface area contributed by atoms with E-state index in [0.29, 0.717) is 32.5 Å². The van der Waals surface area contributed by atoms with Crippen LogP contribution in [0.15, 0.2) is 0 Å². The molecule has 0 saturated heterocycles. The molecule has 0 heterocycles. The number of hydrogen-bond donors (Lipinski definition) is 1. The van der Waals surface area contributed by atoms with Crippen LogP contribution in [0.25, 0.3) is 0 Å². The Morgan fingerprint density at radius 3 is 2.47 bits per heavy atom. The van der Waals surface area contributed by atoms with Gasteiger partial charge in [0.2, 0.25) is 0 Å². The average Bonchev–Trinajstić information content (AvgIpc) is 2.23. The molecule has 0 spiro atoms. The molecule has 0 fully saturated rings. The van der Waals surface area contributed by atoms with Crippen molar-refractivity contribution in [3.63, 3.8) is 0 Å². The summed E-state index contributed by atoms with van der Waals surface area (Å²) in [5, 5.41) is 3.05. The third-order valence-corrected chi connectivity index (χ3v) is 1.77. The summed E-state index contributed by atoms with van der Waals surface area (Å²) in [5.74, 6) is -0.403. The molecule has 0 saturated carbocycles. The SMILES string of the molecule is CCOC(=O)CCNCCCC(=O)OC. The normalized spacial score (nSPS) is 9.73. The minimum Gasteiger partial charge on any atom is -0.469 e. The number of nitrogens with one attached hydrogen (secondary N) is 1. The molecular formula is C10H19NO4. The molecule has 0 amide bonds. The van der Waals surface area contributed by atoms with Crippen molar-refractivity contribution < 1.29 is 19.1 Å². The third kappa shape index (κ3) is 9.21. The zero-order valence-corrected chi connectivity index (χ0v) is 9.38. The molecule has 0 aliphatic heterocycles. The predicted octanol–water partition coefficient (Wildman–Crippen LogP) is 0.482. The first-order valence-electron chi connectivity index (χ1n) is 5.13. The molecule has 0 unspecified atom stereocenters. The molecule has 0 bridgehead atoms. The van der Waals surface area contributed by atoms with Crippen molar-refractivity contribution >= 4 is 11.9 Å². The van der Waals surface area contributed by atoms with Crippen LogP contribution in [0, 0.1) is 0 Å². The topological polar surface area (TPSA) is 64.6 Å². The average molecular weight is 217 g/mol. The van der Waals surface area contributed by atoms with Crippen LogP contribution in [0.2, 0.25) is 0 Å². The van der Waals surface area contributed by atoms with E-state index in [2.05, 4.69) is 10.1 Å². The van der Waals surface area contributed by atoms with Crippen LogP contribution in [0.3, 0.4) is 0 Å². The van der Waals surface area contributed by atoms with Gasteiger partial charge in [-0.1, -0.05) is 0 Å². The van der Waals surface area contributed by atoms with Crippen LogP contribution < -0.4 is 5.32 Å². The van der Waals surface area contributed by atoms with Gasteiger partial charge in [0.05, 0.1) is 20.1 Å². The number of ether oxygens (including phenoxy) is 2. The molecule has 0 rings (SSSR count). The first-order valence-corrected chi connectivity index (χ1v) is 5.13. The Bertz CT molecular complexity index is 194. The zero-order valence-electron chi connectivity index (χ0n) is 9.38. The van der Waals surface area contributed by atoms with Gasteiger partial charge in [-0.25, -0.2) is 0 Å². The van der Waals surface area contributed by atoms with Crippen LogP contribution in [0.5, 0.6) is 0 Å². The molecular weight excluding hydrogens is 198 g/mol. The van der Waals surface area contributed by atoms with Gasteiger partial charge in [0, 0.05) is 13.0 Å². The molecule has 5 nitrogen and oxygen atoms in total. The number of carbonyl (C=O) groups excluding carboxylic acids is 2. The number of rotatable bonds is 8. The van der Waals surface area contributed by atoms with E-state index in [0.717, 1.165) is 6.42 Å². The second kappa shape index (κ2) is 9.45. The molecule has 0 aromatic carbocycles. The lowest BCUT2D eigenvalue weighted by Crippen LogP contribution is -2.21. The fourth-order valence-corrected chi connectivity index (χ4v) is 1.01. The molecule has 1 N–H and O–H groups in total. The van der Waals surface area contributed by atoms with Gasteiger partial charge in [0.15, 0.2) is 0 Å². The number of carbonyl (C=O) groups is 2. The lowest BCUT2D eigenvalue weighted by molar-refractivity contribution is -0.143. The number of methoxy groups -OCH3 is 1. The monoisotopic (exact) mass is 217 g/mol. The smallest absolute Gasteiger partial charge is 0.307 e. The maximum Gasteiger partial charge on any atom is 0.307 e. The lowest BCUT2D eigenvalue weighted by atomic mass is 10.3. The van der Waals surface area contributed by atoms with Gasteiger partial charge in [-0.15, -0.1) is 0 Å². The summed E-state index contributed by atoms with van der Waals surface area (Å²) in [7, 11) is 1.37. The summed E-state index contributed by atoms with van der Waals surface area (Å²) in [4.78, 5) is 21.6. The summed E-state index contributed by atoms with van der Waals surface area (Å²) < 4.78 is 9.24. The highest BCUT2D eigenvalue weighted by atomic mass is 16.5. The molecule has 0 aliphatic rings. The molecule has 15 heavy (non-hydrogen) atoms. The van der Waals surface area contributed by atoms with Crippen molar-refractivity contribution in [1.29, 1.82) is 0 Å². The van der Waals surface area contributed by atoms with E-state index in [9.17, 15) is 9.59 Å². The molecule has 0 aromatic rings. The molecule has 0 aromatic heterocycles. The minimum atomic E-state index is -0.206. The molecule has 0 radical (unpaired) electrons. The first kappa shape index (κ1) is 13.9. The van der Waals surface area contributed by atoms with Crippen LogP contribution in [-0.2, 0) is 19.1 Å². The molecule has 5 heteroatoms. The maximum atomic E-state index is 10.9. The maximum absolute atomic E-state index is 10.9. The molecule has 0 aliphatic carbocycles. The number of hydrogen-bond acceptors (Lipinski definition) is 5. The van der Waals surface area contributed by atoms with Crippen LogP contribution in [0.4, 0.5) is 0 Å². The fourth-order valence-electron chi connectivity index (χ4n) is 1.01. The quantitative estimate of drug-likeness (QED) is 0.473. The predicted molar refractivity (Wildman–Crippen MR) is 55.4 cm³/mol. The summed E-state index contributed by atoms with van der Waals surface area (Å²) in [5.41, 5.74) is 0. The van der Waals surface area contributed by atoms with E-state index in [4.69, 9.17) is 4.74 Å². The van der Waals surface area contributed by atoms with E-state index in [1.165, 1.54) is 7.11 Å². The Balaban J connectivity index is 3.18. The van der Waals surface area contributed by atoms with Crippen LogP contribution in [0.1, 0.15) is 26.2 Å². The largest absolute Gasteiger partial charge is 0.469 e. The second-order valence-electron chi connectivity index (χ2n) is 2.98. The van der Waals surface area contributed by atoms with Gasteiger partial charge in [0.25, 0.3) is 0 Å². The van der Waals surface area contributed by atoms with Crippen molar-refractivity contribution in [1.82, 2.24) is 5.32 Å². The first-order chi connectivity index (χ1) is 7.20. The molecule has 0 atom stereocenters. The van der Waals surface area contributed by atoms with Gasteiger partial charge in [0.1, 0.15) is 0 Å². The van der Waals surface area contributed by atoms with Crippen molar-refractivity contribution in [2.24, 2.45) is 0 Å². The van der Waals surface area contributed by atoms with E-state index < -0.39 is 0 Å². The second-order valence-corrected chi connectivity index (χ2v) is 2.98. The summed E-state index contributed by atoms with van der Waals surface area (Å²) in [6, 6.07) is 0. The van der Waals surface area contributed by atoms with Crippen molar-refractivity contribution in [2.75, 3.05) is 26.8 Å². The standard InChI is InChI=1S/C10H19NO4/c1-3-15-10(13)6-8-11-7-4-5-9(12)14-2/h11H,3-8H2,1-2H3. The van der Waals surface area contributed by atoms with Crippen molar-refractivity contribution in [3.05, 3.63) is 0 Å². The Morgan fingerprint density at radius 1 is 1.13 bits per heavy atom. The van der Waals surface area contributed by atoms with Crippen molar-refractivity contribution in [3.8, 4) is 0 Å². The Kier molecular flexibility index (Phi) is 8.76. The van der Waals surface area contributed by atoms with Gasteiger partial charge >= 0.3 is 11.9 Å².